The summed E-state index contributed by atoms with van der Waals surface area (Å²) in [7, 11) is 0. The number of carboxylic acid groups (broad SMARTS) is 1. The standard InChI is InChI=1S/C17H17ClFNO4.C14H11ClFNO4/c1-9(2)15-16(21)20(17(22)24-15)13-8-14(11(18)7-12(13)19)23-10-5-3-4-6-10;1-8(14(18)19)20-10-2-4-11(5-3-10)21-13-12(16)6-9(15)7-17-13/h7-8,10H,3-6H2,1-2H3;2-8H,1H3,(H,18,19)/t;8-/m.1/s1. The Morgan fingerprint density at radius 3 is 2.27 bits per heavy atom. The number of nitrogens with zero attached hydrogens (tertiary/aromatic N) is 2. The topological polar surface area (TPSA) is 124 Å². The summed E-state index contributed by atoms with van der Waals surface area (Å²) in [4.78, 5) is 39.4. The van der Waals surface area contributed by atoms with Gasteiger partial charge < -0.3 is 24.1 Å². The number of rotatable bonds is 8. The molecule has 14 heteroatoms. The summed E-state index contributed by atoms with van der Waals surface area (Å²) < 4.78 is 49.0. The van der Waals surface area contributed by atoms with Crippen LogP contribution in [0.15, 0.2) is 60.0 Å². The first-order chi connectivity index (χ1) is 21.3. The van der Waals surface area contributed by atoms with Crippen molar-refractivity contribution in [3.63, 3.8) is 0 Å². The number of anilines is 1. The van der Waals surface area contributed by atoms with Gasteiger partial charge in [-0.25, -0.2) is 28.3 Å². The van der Waals surface area contributed by atoms with Gasteiger partial charge in [0, 0.05) is 12.3 Å². The molecule has 2 heterocycles. The largest absolute Gasteiger partial charge is 0.489 e. The number of ether oxygens (including phenoxy) is 4. The lowest BCUT2D eigenvalue weighted by atomic mass is 10.2. The number of allylic oxidation sites excluding steroid dienone is 1. The molecule has 2 aliphatic rings. The van der Waals surface area contributed by atoms with Crippen molar-refractivity contribution in [2.75, 3.05) is 4.90 Å². The summed E-state index contributed by atoms with van der Waals surface area (Å²) >= 11 is 11.6. The van der Waals surface area contributed by atoms with Gasteiger partial charge in [0.05, 0.1) is 21.8 Å². The highest BCUT2D eigenvalue weighted by atomic mass is 35.5. The van der Waals surface area contributed by atoms with E-state index in [4.69, 9.17) is 47.3 Å². The first-order valence-corrected chi connectivity index (χ1v) is 14.5. The fraction of sp³-hybridized carbons (Fsp3) is 0.290. The van der Waals surface area contributed by atoms with Crippen molar-refractivity contribution in [1.29, 1.82) is 0 Å². The van der Waals surface area contributed by atoms with E-state index < -0.39 is 35.7 Å². The molecule has 5 rings (SSSR count). The Kier molecular flexibility index (Phi) is 10.8. The molecule has 1 aromatic heterocycles. The zero-order valence-electron chi connectivity index (χ0n) is 24.3. The van der Waals surface area contributed by atoms with Crippen LogP contribution in [0.4, 0.5) is 19.3 Å². The van der Waals surface area contributed by atoms with E-state index in [2.05, 4.69) is 4.98 Å². The quantitative estimate of drug-likeness (QED) is 0.238. The number of hydrogen-bond acceptors (Lipinski definition) is 8. The summed E-state index contributed by atoms with van der Waals surface area (Å²) in [6, 6.07) is 9.48. The van der Waals surface area contributed by atoms with Gasteiger partial charge in [0.2, 0.25) is 0 Å². The number of hydrogen-bond donors (Lipinski definition) is 1. The second-order valence-corrected chi connectivity index (χ2v) is 11.1. The Labute approximate surface area is 267 Å². The lowest BCUT2D eigenvalue weighted by molar-refractivity contribution is -0.144. The van der Waals surface area contributed by atoms with Crippen molar-refractivity contribution in [2.24, 2.45) is 0 Å². The first kappa shape index (κ1) is 33.5. The molecule has 1 aliphatic carbocycles. The summed E-state index contributed by atoms with van der Waals surface area (Å²) in [6.07, 6.45) is 3.30. The molecule has 10 nitrogen and oxygen atoms in total. The SMILES string of the molecule is CC(C)=C1OC(=O)N(c2cc(OC3CCCC3)c(Cl)cc2F)C1=O.C[C@@H](Oc1ccc(Oc2ncc(Cl)cc2F)cc1)C(=O)O. The molecule has 1 saturated heterocycles. The predicted octanol–water partition coefficient (Wildman–Crippen LogP) is 8.10. The third-order valence-corrected chi connectivity index (χ3v) is 7.04. The summed E-state index contributed by atoms with van der Waals surface area (Å²) in [5, 5.41) is 9.01. The Hall–Kier alpha value is -4.42. The van der Waals surface area contributed by atoms with Crippen molar-refractivity contribution in [2.45, 2.75) is 58.7 Å². The van der Waals surface area contributed by atoms with Crippen molar-refractivity contribution in [3.8, 4) is 23.1 Å². The number of pyridine rings is 1. The first-order valence-electron chi connectivity index (χ1n) is 13.7. The van der Waals surface area contributed by atoms with Gasteiger partial charge in [-0.3, -0.25) is 4.79 Å². The molecule has 3 aromatic rings. The van der Waals surface area contributed by atoms with E-state index in [1.54, 1.807) is 13.8 Å². The molecule has 0 spiro atoms. The summed E-state index contributed by atoms with van der Waals surface area (Å²) in [5.41, 5.74) is 0.311. The van der Waals surface area contributed by atoms with Gasteiger partial charge >= 0.3 is 18.0 Å². The number of aliphatic carboxylic acids is 1. The normalized spacial score (nSPS) is 15.3. The Bertz CT molecular complexity index is 1620. The van der Waals surface area contributed by atoms with E-state index >= 15 is 0 Å². The van der Waals surface area contributed by atoms with Gasteiger partial charge in [-0.15, -0.1) is 0 Å². The maximum atomic E-state index is 14.3. The molecule has 2 fully saturated rings. The molecule has 2 aromatic carbocycles. The van der Waals surface area contributed by atoms with Gasteiger partial charge in [-0.05, 0) is 88.4 Å². The predicted molar refractivity (Wildman–Crippen MR) is 160 cm³/mol. The van der Waals surface area contributed by atoms with Crippen LogP contribution in [0.1, 0.15) is 46.5 Å². The molecule has 1 atom stereocenters. The molecule has 0 radical (unpaired) electrons. The highest BCUT2D eigenvalue weighted by Crippen LogP contribution is 2.37. The Morgan fingerprint density at radius 2 is 1.69 bits per heavy atom. The molecular formula is C31H28Cl2F2N2O8. The molecule has 2 amide bonds. The molecule has 1 N–H and O–H groups in total. The molecule has 0 unspecified atom stereocenters. The van der Waals surface area contributed by atoms with E-state index in [1.165, 1.54) is 43.5 Å². The summed E-state index contributed by atoms with van der Waals surface area (Å²) in [6.45, 7) is 4.69. The third-order valence-electron chi connectivity index (χ3n) is 6.53. The van der Waals surface area contributed by atoms with Crippen LogP contribution in [-0.4, -0.2) is 40.3 Å². The van der Waals surface area contributed by atoms with Crippen molar-refractivity contribution in [3.05, 3.63) is 81.7 Å². The van der Waals surface area contributed by atoms with Crippen LogP contribution in [0, 0.1) is 11.6 Å². The number of carbonyl (C=O) groups is 3. The highest BCUT2D eigenvalue weighted by molar-refractivity contribution is 6.32. The van der Waals surface area contributed by atoms with Crippen LogP contribution in [0.3, 0.4) is 0 Å². The zero-order chi connectivity index (χ0) is 32.8. The monoisotopic (exact) mass is 664 g/mol. The van der Waals surface area contributed by atoms with Gasteiger partial charge in [0.1, 0.15) is 23.1 Å². The maximum absolute atomic E-state index is 14.3. The van der Waals surface area contributed by atoms with Gasteiger partial charge in [0.15, 0.2) is 17.7 Å². The van der Waals surface area contributed by atoms with E-state index in [9.17, 15) is 23.2 Å². The van der Waals surface area contributed by atoms with Gasteiger partial charge in [-0.1, -0.05) is 23.2 Å². The molecule has 1 aliphatic heterocycles. The van der Waals surface area contributed by atoms with Gasteiger partial charge in [0.25, 0.3) is 5.88 Å². The van der Waals surface area contributed by atoms with Crippen LogP contribution >= 0.6 is 23.2 Å². The molecular weight excluding hydrogens is 637 g/mol. The lowest BCUT2D eigenvalue weighted by Gasteiger charge is -2.18. The van der Waals surface area contributed by atoms with Gasteiger partial charge in [-0.2, -0.15) is 0 Å². The Morgan fingerprint density at radius 1 is 1.04 bits per heavy atom. The molecule has 45 heavy (non-hydrogen) atoms. The van der Waals surface area contributed by atoms with E-state index in [0.29, 0.717) is 22.0 Å². The average Bonchev–Trinajstić information content (AvgIpc) is 3.60. The number of carbonyl (C=O) groups excluding carboxylic acids is 2. The number of carboxylic acids is 1. The zero-order valence-corrected chi connectivity index (χ0v) is 25.8. The molecule has 238 valence electrons. The summed E-state index contributed by atoms with van der Waals surface area (Å²) in [5.74, 6) is -2.58. The van der Waals surface area contributed by atoms with Crippen LogP contribution < -0.4 is 19.1 Å². The maximum Gasteiger partial charge on any atom is 0.427 e. The van der Waals surface area contributed by atoms with Crippen LogP contribution in [0.25, 0.3) is 0 Å². The minimum atomic E-state index is -1.07. The van der Waals surface area contributed by atoms with Crippen molar-refractivity contribution >= 4 is 46.9 Å². The second kappa shape index (κ2) is 14.6. The number of cyclic esters (lactones) is 1. The number of benzene rings is 2. The lowest BCUT2D eigenvalue weighted by Crippen LogP contribution is -2.29. The smallest absolute Gasteiger partial charge is 0.427 e. The minimum absolute atomic E-state index is 0.00962. The number of amides is 2. The van der Waals surface area contributed by atoms with Crippen molar-refractivity contribution in [1.82, 2.24) is 4.98 Å². The van der Waals surface area contributed by atoms with Crippen molar-refractivity contribution < 1.29 is 47.2 Å². The Balaban J connectivity index is 0.000000207. The van der Waals surface area contributed by atoms with E-state index in [0.717, 1.165) is 37.8 Å². The molecule has 0 bridgehead atoms. The molecule has 1 saturated carbocycles. The second-order valence-electron chi connectivity index (χ2n) is 10.2. The minimum Gasteiger partial charge on any atom is -0.489 e. The number of aromatic nitrogens is 1. The fourth-order valence-corrected chi connectivity index (χ4v) is 4.62. The van der Waals surface area contributed by atoms with Crippen LogP contribution in [0.5, 0.6) is 23.1 Å². The number of imide groups is 1. The third kappa shape index (κ3) is 8.40. The fourth-order valence-electron chi connectivity index (χ4n) is 4.28. The average molecular weight is 665 g/mol. The van der Waals surface area contributed by atoms with Crippen LogP contribution in [0.2, 0.25) is 10.0 Å². The van der Waals surface area contributed by atoms with Crippen LogP contribution in [-0.2, 0) is 14.3 Å². The number of halogens is 4. The van der Waals surface area contributed by atoms with E-state index in [-0.39, 0.29) is 39.2 Å². The highest BCUT2D eigenvalue weighted by Gasteiger charge is 2.40. The van der Waals surface area contributed by atoms with E-state index in [1.807, 2.05) is 0 Å².